The van der Waals surface area contributed by atoms with E-state index >= 15 is 0 Å². The zero-order valence-corrected chi connectivity index (χ0v) is 22.7. The van der Waals surface area contributed by atoms with E-state index in [0.717, 1.165) is 55.5 Å². The number of nitrogens with one attached hydrogen (secondary N) is 2. The topological polar surface area (TPSA) is 110 Å². The highest BCUT2D eigenvalue weighted by atomic mass is 16.7. The first-order valence-corrected chi connectivity index (χ1v) is 13.3. The summed E-state index contributed by atoms with van der Waals surface area (Å²) in [5.74, 6) is -0.277. The Bertz CT molecular complexity index is 1520. The number of carbonyl (C=O) groups is 2. The number of aryl methyl sites for hydroxylation is 1. The van der Waals surface area contributed by atoms with Gasteiger partial charge in [0.05, 0.1) is 23.6 Å². The third-order valence-corrected chi connectivity index (χ3v) is 7.12. The molecule has 1 amide bonds. The Morgan fingerprint density at radius 2 is 1.80 bits per heavy atom. The maximum atomic E-state index is 12.9. The fourth-order valence-electron chi connectivity index (χ4n) is 4.87. The van der Waals surface area contributed by atoms with Crippen molar-refractivity contribution in [2.45, 2.75) is 6.92 Å². The fraction of sp³-hybridized carbons (Fsp3) is 0.258. The van der Waals surface area contributed by atoms with E-state index in [0.29, 0.717) is 40.2 Å². The van der Waals surface area contributed by atoms with Gasteiger partial charge in [0, 0.05) is 67.4 Å². The van der Waals surface area contributed by atoms with Crippen molar-refractivity contribution in [1.82, 2.24) is 20.3 Å². The Morgan fingerprint density at radius 1 is 1.07 bits per heavy atom. The van der Waals surface area contributed by atoms with Crippen LogP contribution in [0.5, 0.6) is 5.88 Å². The monoisotopic (exact) mass is 539 g/mol. The number of hydroxylamine groups is 2. The average Bonchev–Trinajstić information content (AvgIpc) is 3.30. The number of hydrogen-bond donors (Lipinski definition) is 3. The van der Waals surface area contributed by atoms with Gasteiger partial charge in [0.2, 0.25) is 0 Å². The molecule has 1 aliphatic heterocycles. The Kier molecular flexibility index (Phi) is 8.35. The van der Waals surface area contributed by atoms with Crippen LogP contribution in [0.1, 0.15) is 37.4 Å². The van der Waals surface area contributed by atoms with Crippen LogP contribution < -0.4 is 5.32 Å². The van der Waals surface area contributed by atoms with E-state index in [-0.39, 0.29) is 11.8 Å². The summed E-state index contributed by atoms with van der Waals surface area (Å²) in [7, 11) is 1.62. The lowest BCUT2D eigenvalue weighted by Gasteiger charge is -2.27. The van der Waals surface area contributed by atoms with Crippen molar-refractivity contribution in [1.29, 1.82) is 0 Å². The van der Waals surface area contributed by atoms with Crippen molar-refractivity contribution in [3.8, 4) is 5.88 Å². The number of piperazine rings is 1. The van der Waals surface area contributed by atoms with Crippen LogP contribution in [0.3, 0.4) is 0 Å². The van der Waals surface area contributed by atoms with Crippen molar-refractivity contribution in [3.05, 3.63) is 94.5 Å². The van der Waals surface area contributed by atoms with Gasteiger partial charge in [0.25, 0.3) is 5.91 Å². The molecule has 5 rings (SSSR count). The standard InChI is InChI=1S/C31H33N5O4/c1-21-18-26-27(19-24(21)20-37)34-30(38)28(26)29(22-6-4-3-5-7-22)33-25-10-8-23(9-11-25)31(39)35(2)40-17-16-36-14-12-32-13-15-36/h3-11,18-20,32,34,38H,12-17H2,1-2H3. The van der Waals surface area contributed by atoms with Gasteiger partial charge in [0.15, 0.2) is 5.88 Å². The molecule has 0 aliphatic carbocycles. The third kappa shape index (κ3) is 5.96. The average molecular weight is 540 g/mol. The molecule has 4 aromatic rings. The SMILES string of the molecule is Cc1cc2c(C(=Nc3ccc(C(=O)N(C)OCCN4CCNCC4)cc3)c3ccccc3)c(O)[nH]c2cc1C=O. The molecular weight excluding hydrogens is 506 g/mol. The lowest BCUT2D eigenvalue weighted by Crippen LogP contribution is -2.45. The van der Waals surface area contributed by atoms with Crippen molar-refractivity contribution in [3.63, 3.8) is 0 Å². The second-order valence-corrected chi connectivity index (χ2v) is 9.82. The highest BCUT2D eigenvalue weighted by Gasteiger charge is 2.20. The van der Waals surface area contributed by atoms with E-state index in [1.54, 1.807) is 37.4 Å². The third-order valence-electron chi connectivity index (χ3n) is 7.12. The number of aromatic hydroxyl groups is 1. The summed E-state index contributed by atoms with van der Waals surface area (Å²) in [5.41, 5.74) is 5.02. The van der Waals surface area contributed by atoms with Crippen molar-refractivity contribution < 1.29 is 19.5 Å². The zero-order chi connectivity index (χ0) is 28.1. The summed E-state index contributed by atoms with van der Waals surface area (Å²) in [6.45, 7) is 6.96. The fourth-order valence-corrected chi connectivity index (χ4v) is 4.87. The van der Waals surface area contributed by atoms with Crippen LogP contribution in [-0.2, 0) is 4.84 Å². The molecule has 3 aromatic carbocycles. The molecule has 3 N–H and O–H groups in total. The van der Waals surface area contributed by atoms with Gasteiger partial charge in [0.1, 0.15) is 6.29 Å². The van der Waals surface area contributed by atoms with Gasteiger partial charge in [-0.2, -0.15) is 0 Å². The minimum Gasteiger partial charge on any atom is -0.494 e. The van der Waals surface area contributed by atoms with E-state index < -0.39 is 0 Å². The molecular formula is C31H33N5O4. The summed E-state index contributed by atoms with van der Waals surface area (Å²) < 4.78 is 0. The summed E-state index contributed by atoms with van der Waals surface area (Å²) >= 11 is 0. The van der Waals surface area contributed by atoms with Crippen LogP contribution in [0.4, 0.5) is 5.69 Å². The van der Waals surface area contributed by atoms with E-state index in [2.05, 4.69) is 15.2 Å². The van der Waals surface area contributed by atoms with Gasteiger partial charge in [-0.1, -0.05) is 30.3 Å². The maximum Gasteiger partial charge on any atom is 0.277 e. The molecule has 1 aliphatic rings. The molecule has 0 unspecified atom stereocenters. The van der Waals surface area contributed by atoms with E-state index in [1.165, 1.54) is 5.06 Å². The van der Waals surface area contributed by atoms with Crippen LogP contribution in [-0.4, -0.2) is 84.3 Å². The second kappa shape index (κ2) is 12.3. The predicted octanol–water partition coefficient (Wildman–Crippen LogP) is 4.07. The number of nitrogens with zero attached hydrogens (tertiary/aromatic N) is 3. The molecule has 0 atom stereocenters. The Balaban J connectivity index is 1.39. The number of hydrogen-bond acceptors (Lipinski definition) is 7. The molecule has 0 saturated carbocycles. The molecule has 2 heterocycles. The molecule has 0 spiro atoms. The number of amides is 1. The number of aromatic nitrogens is 1. The Morgan fingerprint density at radius 3 is 2.50 bits per heavy atom. The van der Waals surface area contributed by atoms with E-state index in [4.69, 9.17) is 9.83 Å². The number of H-pyrrole nitrogens is 1. The smallest absolute Gasteiger partial charge is 0.277 e. The normalized spacial score (nSPS) is 14.4. The maximum absolute atomic E-state index is 12.9. The zero-order valence-electron chi connectivity index (χ0n) is 22.7. The Hall–Kier alpha value is -4.31. The van der Waals surface area contributed by atoms with Gasteiger partial charge in [-0.15, -0.1) is 0 Å². The van der Waals surface area contributed by atoms with Crippen LogP contribution in [0.25, 0.3) is 10.9 Å². The molecule has 206 valence electrons. The number of benzene rings is 3. The first kappa shape index (κ1) is 27.3. The summed E-state index contributed by atoms with van der Waals surface area (Å²) in [6.07, 6.45) is 0.802. The van der Waals surface area contributed by atoms with Gasteiger partial charge >= 0.3 is 0 Å². The number of fused-ring (bicyclic) bond motifs is 1. The summed E-state index contributed by atoms with van der Waals surface area (Å²) in [4.78, 5) is 40.3. The second-order valence-electron chi connectivity index (χ2n) is 9.82. The molecule has 1 fully saturated rings. The van der Waals surface area contributed by atoms with Gasteiger partial charge in [-0.05, 0) is 48.9 Å². The van der Waals surface area contributed by atoms with Crippen molar-refractivity contribution >= 4 is 34.5 Å². The first-order valence-electron chi connectivity index (χ1n) is 13.3. The van der Waals surface area contributed by atoms with Gasteiger partial charge in [-0.25, -0.2) is 10.1 Å². The van der Waals surface area contributed by atoms with Crippen LogP contribution >= 0.6 is 0 Å². The van der Waals surface area contributed by atoms with Crippen LogP contribution in [0.2, 0.25) is 0 Å². The minimum atomic E-state index is -0.241. The van der Waals surface area contributed by atoms with Crippen molar-refractivity contribution in [2.75, 3.05) is 46.4 Å². The van der Waals surface area contributed by atoms with Gasteiger partial charge < -0.3 is 15.4 Å². The minimum absolute atomic E-state index is 0.0357. The molecule has 40 heavy (non-hydrogen) atoms. The largest absolute Gasteiger partial charge is 0.494 e. The number of carbonyl (C=O) groups excluding carboxylic acids is 2. The number of rotatable bonds is 9. The number of aldehydes is 1. The van der Waals surface area contributed by atoms with Crippen LogP contribution in [0.15, 0.2) is 71.7 Å². The quantitative estimate of drug-likeness (QED) is 0.168. The first-order chi connectivity index (χ1) is 19.4. The number of aliphatic imine (C=N–C) groups is 1. The van der Waals surface area contributed by atoms with Gasteiger partial charge in [-0.3, -0.25) is 19.3 Å². The highest BCUT2D eigenvalue weighted by molar-refractivity contribution is 6.22. The molecule has 1 aromatic heterocycles. The van der Waals surface area contributed by atoms with Crippen molar-refractivity contribution in [2.24, 2.45) is 4.99 Å². The predicted molar refractivity (Wildman–Crippen MR) is 156 cm³/mol. The summed E-state index contributed by atoms with van der Waals surface area (Å²) in [6, 6.07) is 20.2. The lowest BCUT2D eigenvalue weighted by atomic mass is 9.98. The molecule has 1 saturated heterocycles. The van der Waals surface area contributed by atoms with E-state index in [9.17, 15) is 14.7 Å². The lowest BCUT2D eigenvalue weighted by molar-refractivity contribution is -0.110. The molecule has 0 radical (unpaired) electrons. The summed E-state index contributed by atoms with van der Waals surface area (Å²) in [5, 5.41) is 16.3. The van der Waals surface area contributed by atoms with Crippen LogP contribution in [0, 0.1) is 6.92 Å². The molecule has 9 heteroatoms. The van der Waals surface area contributed by atoms with E-state index in [1.807, 2.05) is 43.3 Å². The number of aromatic amines is 1. The highest BCUT2D eigenvalue weighted by Crippen LogP contribution is 2.33. The molecule has 9 nitrogen and oxygen atoms in total. The Labute approximate surface area is 233 Å². The molecule has 0 bridgehead atoms.